The fourth-order valence-corrected chi connectivity index (χ4v) is 4.44. The number of rotatable bonds is 5. The number of aryl methyl sites for hydroxylation is 1. The third kappa shape index (κ3) is 4.70. The Labute approximate surface area is 207 Å². The number of fused-ring (bicyclic) bond motifs is 2. The molecule has 8 nitrogen and oxygen atoms in total. The standard InChI is InChI=1S/C27H21N5O3S/c1-17-9-10-22-23(15-17)24(28)11-12-25(22)31-32-27-14-13-26(20-7-2-3-8-21(20)27)30-29-18-5-4-6-19(16-18)36(33,34)35/h2-16H,28H2,1H3,(H,33,34,35). The van der Waals surface area contributed by atoms with Gasteiger partial charge in [0.25, 0.3) is 10.1 Å². The van der Waals surface area contributed by atoms with Gasteiger partial charge in [0, 0.05) is 27.2 Å². The van der Waals surface area contributed by atoms with E-state index in [9.17, 15) is 13.0 Å². The molecule has 0 aliphatic rings. The van der Waals surface area contributed by atoms with Crippen molar-refractivity contribution in [3.63, 3.8) is 0 Å². The highest BCUT2D eigenvalue weighted by molar-refractivity contribution is 7.85. The van der Waals surface area contributed by atoms with Gasteiger partial charge >= 0.3 is 0 Å². The molecule has 0 bridgehead atoms. The van der Waals surface area contributed by atoms with Crippen molar-refractivity contribution in [3.05, 3.63) is 96.6 Å². The minimum atomic E-state index is -4.33. The Morgan fingerprint density at radius 3 is 1.86 bits per heavy atom. The van der Waals surface area contributed by atoms with Gasteiger partial charge in [-0.3, -0.25) is 4.55 Å². The average molecular weight is 496 g/mol. The maximum absolute atomic E-state index is 11.4. The van der Waals surface area contributed by atoms with Gasteiger partial charge < -0.3 is 5.73 Å². The first kappa shape index (κ1) is 23.3. The molecule has 0 spiro atoms. The highest BCUT2D eigenvalue weighted by Gasteiger charge is 2.10. The third-order valence-corrected chi connectivity index (χ3v) is 6.56. The van der Waals surface area contributed by atoms with E-state index < -0.39 is 10.1 Å². The molecule has 36 heavy (non-hydrogen) atoms. The number of nitrogens with two attached hydrogens (primary N) is 1. The van der Waals surface area contributed by atoms with E-state index in [1.54, 1.807) is 18.2 Å². The molecule has 0 aromatic heterocycles. The Hall–Kier alpha value is -4.47. The summed E-state index contributed by atoms with van der Waals surface area (Å²) >= 11 is 0. The molecule has 178 valence electrons. The van der Waals surface area contributed by atoms with Crippen molar-refractivity contribution >= 4 is 60.1 Å². The average Bonchev–Trinajstić information content (AvgIpc) is 2.87. The monoisotopic (exact) mass is 495 g/mol. The zero-order valence-electron chi connectivity index (χ0n) is 19.2. The molecule has 0 aliphatic carbocycles. The second-order valence-corrected chi connectivity index (χ2v) is 9.67. The number of benzene rings is 5. The van der Waals surface area contributed by atoms with Gasteiger partial charge in [-0.2, -0.15) is 13.5 Å². The summed E-state index contributed by atoms with van der Waals surface area (Å²) in [6, 6.07) is 26.5. The highest BCUT2D eigenvalue weighted by atomic mass is 32.2. The number of hydrogen-bond donors (Lipinski definition) is 2. The van der Waals surface area contributed by atoms with Gasteiger partial charge in [0.2, 0.25) is 0 Å². The zero-order valence-corrected chi connectivity index (χ0v) is 20.0. The van der Waals surface area contributed by atoms with Crippen LogP contribution in [-0.4, -0.2) is 13.0 Å². The second kappa shape index (κ2) is 9.29. The van der Waals surface area contributed by atoms with Crippen LogP contribution in [0.5, 0.6) is 0 Å². The van der Waals surface area contributed by atoms with E-state index in [0.717, 1.165) is 27.1 Å². The molecular formula is C27H21N5O3S. The Morgan fingerprint density at radius 2 is 1.22 bits per heavy atom. The number of nitrogens with zero attached hydrogens (tertiary/aromatic N) is 4. The molecule has 0 fully saturated rings. The van der Waals surface area contributed by atoms with Crippen molar-refractivity contribution < 1.29 is 13.0 Å². The number of hydrogen-bond acceptors (Lipinski definition) is 7. The van der Waals surface area contributed by atoms with Crippen LogP contribution in [0.25, 0.3) is 21.5 Å². The second-order valence-electron chi connectivity index (χ2n) is 8.24. The number of nitrogen functional groups attached to an aromatic ring is 1. The number of anilines is 1. The minimum absolute atomic E-state index is 0.245. The number of azo groups is 2. The van der Waals surface area contributed by atoms with Crippen molar-refractivity contribution in [2.75, 3.05) is 5.73 Å². The molecular weight excluding hydrogens is 474 g/mol. The first-order valence-corrected chi connectivity index (χ1v) is 12.5. The van der Waals surface area contributed by atoms with Crippen LogP contribution in [0.4, 0.5) is 28.4 Å². The maximum Gasteiger partial charge on any atom is 0.294 e. The largest absolute Gasteiger partial charge is 0.398 e. The summed E-state index contributed by atoms with van der Waals surface area (Å²) in [4.78, 5) is -0.245. The Balaban J connectivity index is 1.52. The fraction of sp³-hybridized carbons (Fsp3) is 0.0370. The van der Waals surface area contributed by atoms with E-state index in [1.807, 2.05) is 61.5 Å². The van der Waals surface area contributed by atoms with Crippen LogP contribution >= 0.6 is 0 Å². The van der Waals surface area contributed by atoms with E-state index in [0.29, 0.717) is 28.4 Å². The summed E-state index contributed by atoms with van der Waals surface area (Å²) in [7, 11) is -4.33. The topological polar surface area (TPSA) is 130 Å². The summed E-state index contributed by atoms with van der Waals surface area (Å²) in [5, 5.41) is 21.0. The van der Waals surface area contributed by atoms with Gasteiger partial charge in [-0.25, -0.2) is 0 Å². The van der Waals surface area contributed by atoms with E-state index >= 15 is 0 Å². The highest BCUT2D eigenvalue weighted by Crippen LogP contribution is 2.37. The van der Waals surface area contributed by atoms with Crippen LogP contribution in [0.3, 0.4) is 0 Å². The van der Waals surface area contributed by atoms with Gasteiger partial charge in [-0.1, -0.05) is 48.0 Å². The SMILES string of the molecule is Cc1ccc2c(N=Nc3ccc(N=Nc4cccc(S(=O)(=O)O)c4)c4ccccc34)ccc(N)c2c1. The first-order valence-electron chi connectivity index (χ1n) is 11.0. The Kier molecular flexibility index (Phi) is 6.01. The molecule has 5 rings (SSSR count). The Morgan fingerprint density at radius 1 is 0.639 bits per heavy atom. The summed E-state index contributed by atoms with van der Waals surface area (Å²) in [6.45, 7) is 2.02. The van der Waals surface area contributed by atoms with Crippen molar-refractivity contribution in [2.24, 2.45) is 20.5 Å². The molecule has 0 saturated heterocycles. The van der Waals surface area contributed by atoms with Crippen LogP contribution in [0.2, 0.25) is 0 Å². The predicted molar refractivity (Wildman–Crippen MR) is 142 cm³/mol. The molecule has 5 aromatic rings. The van der Waals surface area contributed by atoms with Crippen molar-refractivity contribution in [3.8, 4) is 0 Å². The van der Waals surface area contributed by atoms with Crippen LogP contribution in [-0.2, 0) is 10.1 Å². The lowest BCUT2D eigenvalue weighted by Crippen LogP contribution is -1.96. The van der Waals surface area contributed by atoms with Crippen LogP contribution < -0.4 is 5.73 Å². The molecule has 0 saturated carbocycles. The van der Waals surface area contributed by atoms with E-state index in [1.165, 1.54) is 18.2 Å². The summed E-state index contributed by atoms with van der Waals surface area (Å²) in [6.07, 6.45) is 0. The molecule has 0 heterocycles. The fourth-order valence-electron chi connectivity index (χ4n) is 3.92. The third-order valence-electron chi connectivity index (χ3n) is 5.71. The minimum Gasteiger partial charge on any atom is -0.398 e. The lowest BCUT2D eigenvalue weighted by atomic mass is 10.0. The molecule has 0 atom stereocenters. The molecule has 0 amide bonds. The quantitative estimate of drug-likeness (QED) is 0.145. The maximum atomic E-state index is 11.4. The van der Waals surface area contributed by atoms with Crippen LogP contribution in [0, 0.1) is 6.92 Å². The van der Waals surface area contributed by atoms with Gasteiger partial charge in [-0.05, 0) is 55.5 Å². The molecule has 0 radical (unpaired) electrons. The Bertz CT molecular complexity index is 1800. The lowest BCUT2D eigenvalue weighted by molar-refractivity contribution is 0.483. The molecule has 5 aromatic carbocycles. The van der Waals surface area contributed by atoms with Crippen LogP contribution in [0.1, 0.15) is 5.56 Å². The zero-order chi connectivity index (χ0) is 25.3. The van der Waals surface area contributed by atoms with E-state index in [-0.39, 0.29) is 4.90 Å². The van der Waals surface area contributed by atoms with Gasteiger partial charge in [0.1, 0.15) is 0 Å². The lowest BCUT2D eigenvalue weighted by Gasteiger charge is -2.07. The summed E-state index contributed by atoms with van der Waals surface area (Å²) < 4.78 is 32.1. The molecule has 0 aliphatic heterocycles. The van der Waals surface area contributed by atoms with Crippen molar-refractivity contribution in [2.45, 2.75) is 11.8 Å². The van der Waals surface area contributed by atoms with E-state index in [4.69, 9.17) is 5.73 Å². The molecule has 0 unspecified atom stereocenters. The molecule has 3 N–H and O–H groups in total. The summed E-state index contributed by atoms with van der Waals surface area (Å²) in [5.41, 5.74) is 10.2. The van der Waals surface area contributed by atoms with Gasteiger partial charge in [0.15, 0.2) is 0 Å². The van der Waals surface area contributed by atoms with Gasteiger partial charge in [0.05, 0.1) is 27.6 Å². The van der Waals surface area contributed by atoms with Crippen molar-refractivity contribution in [1.29, 1.82) is 0 Å². The normalized spacial score (nSPS) is 12.3. The van der Waals surface area contributed by atoms with Crippen molar-refractivity contribution in [1.82, 2.24) is 0 Å². The molecule has 9 heteroatoms. The predicted octanol–water partition coefficient (Wildman–Crippen LogP) is 7.96. The first-order chi connectivity index (χ1) is 17.3. The summed E-state index contributed by atoms with van der Waals surface area (Å²) in [5.74, 6) is 0. The van der Waals surface area contributed by atoms with Crippen LogP contribution in [0.15, 0.2) is 116 Å². The van der Waals surface area contributed by atoms with Gasteiger partial charge in [-0.15, -0.1) is 15.3 Å². The smallest absolute Gasteiger partial charge is 0.294 e. The van der Waals surface area contributed by atoms with E-state index in [2.05, 4.69) is 20.5 Å².